The summed E-state index contributed by atoms with van der Waals surface area (Å²) in [6, 6.07) is 31.1. The molecule has 4 heteroatoms. The van der Waals surface area contributed by atoms with Crippen molar-refractivity contribution in [3.8, 4) is 11.5 Å². The van der Waals surface area contributed by atoms with Crippen molar-refractivity contribution in [2.24, 2.45) is 0 Å². The highest BCUT2D eigenvalue weighted by Gasteiger charge is 2.09. The third-order valence-electron chi connectivity index (χ3n) is 5.02. The standard InChI is InChI=1S/C26H25NO2.ClH/c1-28-23-14-11-20(12-15-23)17-27-18-25-24-10-6-5-9-22(24)13-16-26(25)29-19-21-7-3-2-4-8-21;/h2-16,27H,17-19H2,1H3;1H. The van der Waals surface area contributed by atoms with Crippen LogP contribution in [-0.2, 0) is 19.7 Å². The number of methoxy groups -OCH3 is 1. The maximum atomic E-state index is 6.21. The maximum Gasteiger partial charge on any atom is 0.124 e. The van der Waals surface area contributed by atoms with Gasteiger partial charge >= 0.3 is 0 Å². The van der Waals surface area contributed by atoms with Crippen molar-refractivity contribution in [2.75, 3.05) is 7.11 Å². The molecule has 0 radical (unpaired) electrons. The number of ether oxygens (including phenoxy) is 2. The van der Waals surface area contributed by atoms with Gasteiger partial charge in [-0.3, -0.25) is 0 Å². The largest absolute Gasteiger partial charge is 0.497 e. The molecule has 0 fully saturated rings. The number of hydrogen-bond acceptors (Lipinski definition) is 3. The molecule has 4 rings (SSSR count). The molecule has 0 saturated heterocycles. The SMILES string of the molecule is COc1ccc(CNCc2c(OCc3ccccc3)ccc3ccccc23)cc1.Cl. The van der Waals surface area contributed by atoms with Gasteiger partial charge < -0.3 is 14.8 Å². The van der Waals surface area contributed by atoms with E-state index < -0.39 is 0 Å². The van der Waals surface area contributed by atoms with Gasteiger partial charge in [0.2, 0.25) is 0 Å². The Kier molecular flexibility index (Phi) is 7.72. The summed E-state index contributed by atoms with van der Waals surface area (Å²) in [5.74, 6) is 1.80. The molecular weight excluding hydrogens is 394 g/mol. The number of hydrogen-bond donors (Lipinski definition) is 1. The van der Waals surface area contributed by atoms with Crippen molar-refractivity contribution in [3.05, 3.63) is 108 Å². The van der Waals surface area contributed by atoms with E-state index in [9.17, 15) is 0 Å². The van der Waals surface area contributed by atoms with Crippen LogP contribution in [0.25, 0.3) is 10.8 Å². The van der Waals surface area contributed by atoms with Crippen LogP contribution < -0.4 is 14.8 Å². The summed E-state index contributed by atoms with van der Waals surface area (Å²) in [4.78, 5) is 0. The molecule has 30 heavy (non-hydrogen) atoms. The second-order valence-corrected chi connectivity index (χ2v) is 6.99. The van der Waals surface area contributed by atoms with Crippen molar-refractivity contribution >= 4 is 23.2 Å². The highest BCUT2D eigenvalue weighted by atomic mass is 35.5. The molecule has 3 nitrogen and oxygen atoms in total. The average Bonchev–Trinajstić information content (AvgIpc) is 2.79. The molecule has 0 saturated carbocycles. The zero-order chi connectivity index (χ0) is 19.9. The summed E-state index contributed by atoms with van der Waals surface area (Å²) >= 11 is 0. The van der Waals surface area contributed by atoms with Gasteiger partial charge in [0.1, 0.15) is 18.1 Å². The first-order chi connectivity index (χ1) is 14.3. The molecule has 0 aliphatic carbocycles. The van der Waals surface area contributed by atoms with E-state index in [2.05, 4.69) is 66.0 Å². The van der Waals surface area contributed by atoms with E-state index >= 15 is 0 Å². The van der Waals surface area contributed by atoms with Crippen LogP contribution in [0.5, 0.6) is 11.5 Å². The third-order valence-corrected chi connectivity index (χ3v) is 5.02. The van der Waals surface area contributed by atoms with Crippen molar-refractivity contribution in [2.45, 2.75) is 19.7 Å². The van der Waals surface area contributed by atoms with Crippen LogP contribution in [0.3, 0.4) is 0 Å². The van der Waals surface area contributed by atoms with E-state index in [0.717, 1.165) is 30.2 Å². The minimum atomic E-state index is 0. The molecule has 1 N–H and O–H groups in total. The van der Waals surface area contributed by atoms with Gasteiger partial charge in [0.05, 0.1) is 7.11 Å². The van der Waals surface area contributed by atoms with Crippen molar-refractivity contribution in [1.29, 1.82) is 0 Å². The second-order valence-electron chi connectivity index (χ2n) is 6.99. The normalized spacial score (nSPS) is 10.4. The van der Waals surface area contributed by atoms with Crippen LogP contribution in [0.15, 0.2) is 91.0 Å². The molecule has 4 aromatic rings. The fourth-order valence-corrected chi connectivity index (χ4v) is 3.44. The van der Waals surface area contributed by atoms with Gasteiger partial charge in [0.25, 0.3) is 0 Å². The van der Waals surface area contributed by atoms with E-state index in [4.69, 9.17) is 9.47 Å². The molecule has 4 aromatic carbocycles. The first-order valence-electron chi connectivity index (χ1n) is 9.84. The summed E-state index contributed by atoms with van der Waals surface area (Å²) in [5, 5.41) is 6.01. The Morgan fingerprint density at radius 3 is 2.20 bits per heavy atom. The predicted molar refractivity (Wildman–Crippen MR) is 126 cm³/mol. The summed E-state index contributed by atoms with van der Waals surface area (Å²) in [7, 11) is 1.69. The lowest BCUT2D eigenvalue weighted by Gasteiger charge is -2.15. The highest BCUT2D eigenvalue weighted by Crippen LogP contribution is 2.29. The van der Waals surface area contributed by atoms with Crippen LogP contribution in [0.2, 0.25) is 0 Å². The van der Waals surface area contributed by atoms with E-state index in [1.807, 2.05) is 30.3 Å². The molecule has 0 bridgehead atoms. The highest BCUT2D eigenvalue weighted by molar-refractivity contribution is 5.87. The lowest BCUT2D eigenvalue weighted by Crippen LogP contribution is -2.14. The van der Waals surface area contributed by atoms with Crippen LogP contribution in [0.4, 0.5) is 0 Å². The van der Waals surface area contributed by atoms with Crippen LogP contribution in [-0.4, -0.2) is 7.11 Å². The Morgan fingerprint density at radius 1 is 0.700 bits per heavy atom. The lowest BCUT2D eigenvalue weighted by atomic mass is 10.0. The smallest absolute Gasteiger partial charge is 0.124 e. The molecule has 0 heterocycles. The van der Waals surface area contributed by atoms with Gasteiger partial charge in [-0.2, -0.15) is 0 Å². The molecule has 0 unspecified atom stereocenters. The quantitative estimate of drug-likeness (QED) is 0.372. The van der Waals surface area contributed by atoms with E-state index in [1.54, 1.807) is 7.11 Å². The van der Waals surface area contributed by atoms with Crippen molar-refractivity contribution < 1.29 is 9.47 Å². The Labute approximate surface area is 184 Å². The first-order valence-corrected chi connectivity index (χ1v) is 9.84. The average molecular weight is 420 g/mol. The van der Waals surface area contributed by atoms with Crippen LogP contribution >= 0.6 is 12.4 Å². The summed E-state index contributed by atoms with van der Waals surface area (Å²) in [6.07, 6.45) is 0. The minimum Gasteiger partial charge on any atom is -0.497 e. The summed E-state index contributed by atoms with van der Waals surface area (Å²) in [5.41, 5.74) is 3.57. The van der Waals surface area contributed by atoms with Crippen LogP contribution in [0, 0.1) is 0 Å². The van der Waals surface area contributed by atoms with Crippen molar-refractivity contribution in [1.82, 2.24) is 5.32 Å². The van der Waals surface area contributed by atoms with E-state index in [0.29, 0.717) is 6.61 Å². The molecule has 0 aliphatic heterocycles. The van der Waals surface area contributed by atoms with Gasteiger partial charge in [-0.1, -0.05) is 72.8 Å². The molecule has 0 aliphatic rings. The van der Waals surface area contributed by atoms with Gasteiger partial charge in [0.15, 0.2) is 0 Å². The minimum absolute atomic E-state index is 0. The summed E-state index contributed by atoms with van der Waals surface area (Å²) < 4.78 is 11.4. The monoisotopic (exact) mass is 419 g/mol. The number of halogens is 1. The van der Waals surface area contributed by atoms with Gasteiger partial charge in [-0.05, 0) is 40.1 Å². The van der Waals surface area contributed by atoms with E-state index in [1.165, 1.54) is 21.9 Å². The molecule has 0 atom stereocenters. The zero-order valence-electron chi connectivity index (χ0n) is 17.0. The maximum absolute atomic E-state index is 6.21. The van der Waals surface area contributed by atoms with E-state index in [-0.39, 0.29) is 12.4 Å². The molecular formula is C26H26ClNO2. The molecule has 0 amide bonds. The number of benzene rings is 4. The van der Waals surface area contributed by atoms with Gasteiger partial charge in [-0.15, -0.1) is 12.4 Å². The fraction of sp³-hybridized carbons (Fsp3) is 0.154. The number of nitrogens with one attached hydrogen (secondary N) is 1. The first kappa shape index (κ1) is 21.7. The molecule has 0 spiro atoms. The van der Waals surface area contributed by atoms with Crippen LogP contribution in [0.1, 0.15) is 16.7 Å². The Balaban J connectivity index is 0.00000256. The number of rotatable bonds is 8. The molecule has 0 aromatic heterocycles. The van der Waals surface area contributed by atoms with Gasteiger partial charge in [-0.25, -0.2) is 0 Å². The topological polar surface area (TPSA) is 30.5 Å². The predicted octanol–water partition coefficient (Wildman–Crippen LogP) is 6.14. The third kappa shape index (κ3) is 5.32. The zero-order valence-corrected chi connectivity index (χ0v) is 17.8. The second kappa shape index (κ2) is 10.7. The lowest BCUT2D eigenvalue weighted by molar-refractivity contribution is 0.302. The Hall–Kier alpha value is -3.01. The Morgan fingerprint density at radius 2 is 1.43 bits per heavy atom. The number of fused-ring (bicyclic) bond motifs is 1. The Bertz CT molecular complexity index is 1070. The molecule has 154 valence electrons. The van der Waals surface area contributed by atoms with Crippen molar-refractivity contribution in [3.63, 3.8) is 0 Å². The fourth-order valence-electron chi connectivity index (χ4n) is 3.44. The summed E-state index contributed by atoms with van der Waals surface area (Å²) in [6.45, 7) is 2.08. The van der Waals surface area contributed by atoms with Gasteiger partial charge in [0, 0.05) is 18.7 Å².